The summed E-state index contributed by atoms with van der Waals surface area (Å²) in [5.74, 6) is -0.885. The first-order valence-corrected chi connectivity index (χ1v) is 7.50. The molecule has 0 saturated carbocycles. The van der Waals surface area contributed by atoms with Crippen LogP contribution in [-0.2, 0) is 14.6 Å². The number of unbranched alkanes of at least 4 members (excludes halogenated alkanes) is 1. The normalized spacial score (nSPS) is 11.4. The van der Waals surface area contributed by atoms with Crippen LogP contribution in [0.3, 0.4) is 0 Å². The number of aryl methyl sites for hydroxylation is 2. The largest absolute Gasteiger partial charge is 0.481 e. The van der Waals surface area contributed by atoms with E-state index in [1.807, 2.05) is 13.0 Å². The van der Waals surface area contributed by atoms with Crippen LogP contribution in [0, 0.1) is 13.8 Å². The number of hydrogen-bond acceptors (Lipinski definition) is 3. The second kappa shape index (κ2) is 6.00. The van der Waals surface area contributed by atoms with Crippen LogP contribution in [0.15, 0.2) is 23.1 Å². The average Bonchev–Trinajstić information content (AvgIpc) is 2.27. The van der Waals surface area contributed by atoms with Gasteiger partial charge in [-0.1, -0.05) is 12.1 Å². The average molecular weight is 270 g/mol. The summed E-state index contributed by atoms with van der Waals surface area (Å²) in [6, 6.07) is 5.33. The predicted molar refractivity (Wildman–Crippen MR) is 69.5 cm³/mol. The van der Waals surface area contributed by atoms with Crippen molar-refractivity contribution in [1.29, 1.82) is 0 Å². The highest BCUT2D eigenvalue weighted by molar-refractivity contribution is 7.91. The monoisotopic (exact) mass is 270 g/mol. The van der Waals surface area contributed by atoms with Gasteiger partial charge in [0, 0.05) is 6.42 Å². The van der Waals surface area contributed by atoms with Crippen molar-refractivity contribution in [3.05, 3.63) is 29.3 Å². The van der Waals surface area contributed by atoms with Crippen molar-refractivity contribution in [2.24, 2.45) is 0 Å². The smallest absolute Gasteiger partial charge is 0.303 e. The number of sulfone groups is 1. The standard InChI is InChI=1S/C13H18O4S/c1-10-6-7-11(2)12(9-10)18(16,17)8-4-3-5-13(14)15/h6-7,9H,3-5,8H2,1-2H3,(H,14,15). The van der Waals surface area contributed by atoms with Gasteiger partial charge in [-0.15, -0.1) is 0 Å². The molecule has 0 aliphatic heterocycles. The first kappa shape index (κ1) is 14.7. The van der Waals surface area contributed by atoms with Crippen LogP contribution >= 0.6 is 0 Å². The Kier molecular flexibility index (Phi) is 4.90. The summed E-state index contributed by atoms with van der Waals surface area (Å²) in [5, 5.41) is 8.49. The highest BCUT2D eigenvalue weighted by atomic mass is 32.2. The van der Waals surface area contributed by atoms with Crippen LogP contribution in [0.1, 0.15) is 30.4 Å². The van der Waals surface area contributed by atoms with Gasteiger partial charge in [-0.2, -0.15) is 0 Å². The van der Waals surface area contributed by atoms with Gasteiger partial charge in [0.15, 0.2) is 9.84 Å². The number of benzene rings is 1. The Hall–Kier alpha value is -1.36. The van der Waals surface area contributed by atoms with Crippen molar-refractivity contribution in [1.82, 2.24) is 0 Å². The maximum atomic E-state index is 12.1. The zero-order valence-electron chi connectivity index (χ0n) is 10.6. The van der Waals surface area contributed by atoms with Crippen molar-refractivity contribution in [3.63, 3.8) is 0 Å². The highest BCUT2D eigenvalue weighted by Crippen LogP contribution is 2.19. The fourth-order valence-electron chi connectivity index (χ4n) is 1.72. The number of rotatable bonds is 6. The Morgan fingerprint density at radius 1 is 1.22 bits per heavy atom. The first-order valence-electron chi connectivity index (χ1n) is 5.85. The van der Waals surface area contributed by atoms with Gasteiger partial charge in [-0.25, -0.2) is 8.42 Å². The molecule has 1 aromatic rings. The van der Waals surface area contributed by atoms with Crippen molar-refractivity contribution >= 4 is 15.8 Å². The Labute approximate surface area is 108 Å². The third-order valence-corrected chi connectivity index (χ3v) is 4.67. The molecule has 0 radical (unpaired) electrons. The van der Waals surface area contributed by atoms with Crippen LogP contribution in [0.4, 0.5) is 0 Å². The fraction of sp³-hybridized carbons (Fsp3) is 0.462. The van der Waals surface area contributed by atoms with Gasteiger partial charge in [0.1, 0.15) is 0 Å². The zero-order valence-corrected chi connectivity index (χ0v) is 11.5. The molecule has 0 aliphatic rings. The van der Waals surface area contributed by atoms with E-state index in [1.165, 1.54) is 0 Å². The van der Waals surface area contributed by atoms with Crippen molar-refractivity contribution in [2.45, 2.75) is 38.0 Å². The zero-order chi connectivity index (χ0) is 13.8. The lowest BCUT2D eigenvalue weighted by Crippen LogP contribution is -2.09. The maximum Gasteiger partial charge on any atom is 0.303 e. The van der Waals surface area contributed by atoms with Gasteiger partial charge in [-0.05, 0) is 43.9 Å². The minimum Gasteiger partial charge on any atom is -0.481 e. The third kappa shape index (κ3) is 4.14. The van der Waals surface area contributed by atoms with Gasteiger partial charge < -0.3 is 5.11 Å². The summed E-state index contributed by atoms with van der Waals surface area (Å²) >= 11 is 0. The minimum atomic E-state index is -3.30. The molecular weight excluding hydrogens is 252 g/mol. The summed E-state index contributed by atoms with van der Waals surface area (Å²) in [6.07, 6.45) is 0.782. The van der Waals surface area contributed by atoms with E-state index in [0.717, 1.165) is 11.1 Å². The maximum absolute atomic E-state index is 12.1. The topological polar surface area (TPSA) is 71.4 Å². The molecule has 100 valence electrons. The highest BCUT2D eigenvalue weighted by Gasteiger charge is 2.16. The van der Waals surface area contributed by atoms with Crippen molar-refractivity contribution in [2.75, 3.05) is 5.75 Å². The lowest BCUT2D eigenvalue weighted by Gasteiger charge is -2.08. The Balaban J connectivity index is 2.74. The van der Waals surface area contributed by atoms with E-state index in [0.29, 0.717) is 17.7 Å². The van der Waals surface area contributed by atoms with E-state index in [9.17, 15) is 13.2 Å². The number of carboxylic acid groups (broad SMARTS) is 1. The van der Waals surface area contributed by atoms with Crippen LogP contribution in [-0.4, -0.2) is 25.2 Å². The SMILES string of the molecule is Cc1ccc(C)c(S(=O)(=O)CCCCC(=O)O)c1. The van der Waals surface area contributed by atoms with Gasteiger partial charge in [0.2, 0.25) is 0 Å². The molecule has 0 spiro atoms. The molecule has 0 aliphatic carbocycles. The van der Waals surface area contributed by atoms with E-state index in [1.54, 1.807) is 19.1 Å². The summed E-state index contributed by atoms with van der Waals surface area (Å²) < 4.78 is 24.2. The molecule has 0 bridgehead atoms. The second-order valence-corrected chi connectivity index (χ2v) is 6.52. The molecular formula is C13H18O4S. The predicted octanol–water partition coefficient (Wildman–Crippen LogP) is 2.33. The van der Waals surface area contributed by atoms with Crippen molar-refractivity contribution in [3.8, 4) is 0 Å². The number of carboxylic acids is 1. The van der Waals surface area contributed by atoms with Gasteiger partial charge in [0.25, 0.3) is 0 Å². The van der Waals surface area contributed by atoms with Crippen LogP contribution in [0.5, 0.6) is 0 Å². The van der Waals surface area contributed by atoms with E-state index in [4.69, 9.17) is 5.11 Å². The molecule has 0 amide bonds. The lowest BCUT2D eigenvalue weighted by atomic mass is 10.2. The Morgan fingerprint density at radius 2 is 1.89 bits per heavy atom. The Bertz CT molecular complexity index is 532. The van der Waals surface area contributed by atoms with Crippen molar-refractivity contribution < 1.29 is 18.3 Å². The van der Waals surface area contributed by atoms with Gasteiger partial charge >= 0.3 is 5.97 Å². The van der Waals surface area contributed by atoms with Gasteiger partial charge in [-0.3, -0.25) is 4.79 Å². The molecule has 0 fully saturated rings. The molecule has 5 heteroatoms. The van der Waals surface area contributed by atoms with Crippen LogP contribution < -0.4 is 0 Å². The summed E-state index contributed by atoms with van der Waals surface area (Å²) in [4.78, 5) is 10.7. The molecule has 1 N–H and O–H groups in total. The Morgan fingerprint density at radius 3 is 2.50 bits per heavy atom. The number of aliphatic carboxylic acids is 1. The third-order valence-electron chi connectivity index (χ3n) is 2.73. The minimum absolute atomic E-state index is 0.00454. The molecule has 0 unspecified atom stereocenters. The summed E-state index contributed by atoms with van der Waals surface area (Å²) in [7, 11) is -3.30. The summed E-state index contributed by atoms with van der Waals surface area (Å²) in [6.45, 7) is 3.62. The molecule has 0 saturated heterocycles. The quantitative estimate of drug-likeness (QED) is 0.805. The molecule has 1 rings (SSSR count). The molecule has 4 nitrogen and oxygen atoms in total. The fourth-order valence-corrected chi connectivity index (χ4v) is 3.45. The second-order valence-electron chi connectivity index (χ2n) is 4.44. The summed E-state index contributed by atoms with van der Waals surface area (Å²) in [5.41, 5.74) is 1.64. The number of hydrogen-bond donors (Lipinski definition) is 1. The van der Waals surface area contributed by atoms with Crippen LogP contribution in [0.2, 0.25) is 0 Å². The molecule has 1 aromatic carbocycles. The number of carbonyl (C=O) groups is 1. The lowest BCUT2D eigenvalue weighted by molar-refractivity contribution is -0.137. The molecule has 0 atom stereocenters. The van der Waals surface area contributed by atoms with E-state index in [-0.39, 0.29) is 12.2 Å². The van der Waals surface area contributed by atoms with E-state index in [2.05, 4.69) is 0 Å². The first-order chi connectivity index (χ1) is 8.33. The molecule has 0 aromatic heterocycles. The molecule has 0 heterocycles. The van der Waals surface area contributed by atoms with E-state index >= 15 is 0 Å². The van der Waals surface area contributed by atoms with E-state index < -0.39 is 15.8 Å². The molecule has 18 heavy (non-hydrogen) atoms. The van der Waals surface area contributed by atoms with Gasteiger partial charge in [0.05, 0.1) is 10.6 Å². The van der Waals surface area contributed by atoms with Crippen LogP contribution in [0.25, 0.3) is 0 Å².